The zero-order valence-electron chi connectivity index (χ0n) is 16.9. The molecule has 0 saturated heterocycles. The van der Waals surface area contributed by atoms with Crippen molar-refractivity contribution in [2.45, 2.75) is 29.4 Å². The largest absolute Gasteiger partial charge is 0.325 e. The molecule has 0 aliphatic rings. The molecule has 0 spiro atoms. The fraction of sp³-hybridized carbons (Fsp3) is 0.350. The highest BCUT2D eigenvalue weighted by molar-refractivity contribution is 7.99. The van der Waals surface area contributed by atoms with Crippen LogP contribution in [0.5, 0.6) is 0 Å². The minimum atomic E-state index is -3.75. The molecular formula is C20H24ClFN2O3S3. The Bertz CT molecular complexity index is 981. The predicted molar refractivity (Wildman–Crippen MR) is 124 cm³/mol. The molecule has 30 heavy (non-hydrogen) atoms. The van der Waals surface area contributed by atoms with E-state index in [1.165, 1.54) is 41.7 Å². The van der Waals surface area contributed by atoms with E-state index in [1.807, 2.05) is 6.26 Å². The smallest absolute Gasteiger partial charge is 0.240 e. The number of halogens is 2. The van der Waals surface area contributed by atoms with E-state index in [-0.39, 0.29) is 29.1 Å². The van der Waals surface area contributed by atoms with Gasteiger partial charge in [0.1, 0.15) is 5.82 Å². The molecule has 0 saturated carbocycles. The molecule has 2 N–H and O–H groups in total. The van der Waals surface area contributed by atoms with Crippen molar-refractivity contribution < 1.29 is 17.6 Å². The zero-order valence-corrected chi connectivity index (χ0v) is 20.1. The number of carbonyl (C=O) groups is 1. The van der Waals surface area contributed by atoms with Crippen molar-refractivity contribution in [2.24, 2.45) is 5.92 Å². The topological polar surface area (TPSA) is 75.3 Å². The summed E-state index contributed by atoms with van der Waals surface area (Å²) < 4.78 is 41.6. The van der Waals surface area contributed by atoms with Crippen LogP contribution in [0.1, 0.15) is 19.4 Å². The Kier molecular flexibility index (Phi) is 9.49. The Hall–Kier alpha value is -1.26. The van der Waals surface area contributed by atoms with Gasteiger partial charge in [-0.2, -0.15) is 11.8 Å². The van der Waals surface area contributed by atoms with Crippen LogP contribution in [-0.4, -0.2) is 32.9 Å². The summed E-state index contributed by atoms with van der Waals surface area (Å²) in [5, 5.41) is 3.13. The number of carbonyl (C=O) groups excluding carboxylic acids is 1. The highest BCUT2D eigenvalue weighted by atomic mass is 35.5. The molecule has 10 heteroatoms. The Balaban J connectivity index is 1.99. The van der Waals surface area contributed by atoms with Gasteiger partial charge < -0.3 is 5.32 Å². The fourth-order valence-corrected chi connectivity index (χ4v) is 5.32. The summed E-state index contributed by atoms with van der Waals surface area (Å²) >= 11 is 8.79. The first-order valence-electron chi connectivity index (χ1n) is 9.15. The average molecular weight is 491 g/mol. The van der Waals surface area contributed by atoms with Gasteiger partial charge in [0.2, 0.25) is 15.9 Å². The molecule has 2 rings (SSSR count). The number of amides is 1. The second kappa shape index (κ2) is 11.4. The number of nitrogens with one attached hydrogen (secondary N) is 2. The summed E-state index contributed by atoms with van der Waals surface area (Å²) in [6, 6.07) is 9.14. The maximum atomic E-state index is 13.8. The molecule has 164 valence electrons. The van der Waals surface area contributed by atoms with Gasteiger partial charge in [0.15, 0.2) is 0 Å². The molecule has 0 aliphatic carbocycles. The SMILES string of the molecule is CSc1ccc(S(=O)(=O)NCCSCc2c(F)cccc2Cl)cc1NC(=O)C(C)C. The lowest BCUT2D eigenvalue weighted by Crippen LogP contribution is -2.26. The van der Waals surface area contributed by atoms with Crippen LogP contribution in [-0.2, 0) is 20.6 Å². The van der Waals surface area contributed by atoms with E-state index in [1.54, 1.807) is 32.0 Å². The molecule has 0 fully saturated rings. The van der Waals surface area contributed by atoms with Crippen LogP contribution in [0, 0.1) is 11.7 Å². The third-order valence-electron chi connectivity index (χ3n) is 4.11. The lowest BCUT2D eigenvalue weighted by atomic mass is 10.2. The molecule has 2 aromatic carbocycles. The molecule has 1 amide bonds. The van der Waals surface area contributed by atoms with Gasteiger partial charge in [0.05, 0.1) is 10.6 Å². The van der Waals surface area contributed by atoms with Crippen LogP contribution in [0.4, 0.5) is 10.1 Å². The van der Waals surface area contributed by atoms with Gasteiger partial charge in [-0.3, -0.25) is 4.79 Å². The number of benzene rings is 2. The van der Waals surface area contributed by atoms with Crippen molar-refractivity contribution in [3.8, 4) is 0 Å². The average Bonchev–Trinajstić information content (AvgIpc) is 2.69. The van der Waals surface area contributed by atoms with E-state index >= 15 is 0 Å². The van der Waals surface area contributed by atoms with E-state index in [0.717, 1.165) is 4.90 Å². The highest BCUT2D eigenvalue weighted by Crippen LogP contribution is 2.29. The van der Waals surface area contributed by atoms with Crippen LogP contribution in [0.25, 0.3) is 0 Å². The summed E-state index contributed by atoms with van der Waals surface area (Å²) in [5.41, 5.74) is 0.873. The molecule has 0 heterocycles. The van der Waals surface area contributed by atoms with Crippen LogP contribution in [0.3, 0.4) is 0 Å². The van der Waals surface area contributed by atoms with Gasteiger partial charge >= 0.3 is 0 Å². The quantitative estimate of drug-likeness (QED) is 0.362. The molecule has 0 unspecified atom stereocenters. The van der Waals surface area contributed by atoms with Gasteiger partial charge in [-0.05, 0) is 36.6 Å². The van der Waals surface area contributed by atoms with E-state index in [0.29, 0.717) is 27.8 Å². The monoisotopic (exact) mass is 490 g/mol. The molecule has 2 aromatic rings. The van der Waals surface area contributed by atoms with E-state index < -0.39 is 10.0 Å². The van der Waals surface area contributed by atoms with E-state index in [9.17, 15) is 17.6 Å². The molecule has 0 aromatic heterocycles. The lowest BCUT2D eigenvalue weighted by Gasteiger charge is -2.14. The van der Waals surface area contributed by atoms with Crippen LogP contribution < -0.4 is 10.0 Å². The molecule has 0 aliphatic heterocycles. The van der Waals surface area contributed by atoms with E-state index in [4.69, 9.17) is 11.6 Å². The van der Waals surface area contributed by atoms with Crippen molar-refractivity contribution in [1.29, 1.82) is 0 Å². The maximum Gasteiger partial charge on any atom is 0.240 e. The minimum Gasteiger partial charge on any atom is -0.325 e. The first kappa shape index (κ1) is 25.0. The van der Waals surface area contributed by atoms with Crippen LogP contribution in [0.15, 0.2) is 46.2 Å². The number of hydrogen-bond acceptors (Lipinski definition) is 5. The summed E-state index contributed by atoms with van der Waals surface area (Å²) in [7, 11) is -3.75. The molecule has 5 nitrogen and oxygen atoms in total. The Labute approximate surface area is 190 Å². The highest BCUT2D eigenvalue weighted by Gasteiger charge is 2.17. The van der Waals surface area contributed by atoms with Crippen molar-refractivity contribution >= 4 is 56.7 Å². The molecule has 0 bridgehead atoms. The second-order valence-electron chi connectivity index (χ2n) is 6.66. The number of thioether (sulfide) groups is 2. The molecular weight excluding hydrogens is 467 g/mol. The fourth-order valence-electron chi connectivity index (χ4n) is 2.40. The summed E-state index contributed by atoms with van der Waals surface area (Å²) in [6.45, 7) is 3.71. The Morgan fingerprint density at radius 2 is 1.97 bits per heavy atom. The molecule has 0 radical (unpaired) electrons. The number of anilines is 1. The van der Waals surface area contributed by atoms with Gasteiger partial charge in [0.25, 0.3) is 0 Å². The summed E-state index contributed by atoms with van der Waals surface area (Å²) in [5.74, 6) is 0.0135. The second-order valence-corrected chi connectivity index (χ2v) is 10.8. The van der Waals surface area contributed by atoms with Gasteiger partial charge in [-0.15, -0.1) is 11.8 Å². The van der Waals surface area contributed by atoms with Gasteiger partial charge in [-0.1, -0.05) is 31.5 Å². The Morgan fingerprint density at radius 3 is 2.60 bits per heavy atom. The van der Waals surface area contributed by atoms with Crippen molar-refractivity contribution in [2.75, 3.05) is 23.9 Å². The number of sulfonamides is 1. The predicted octanol–water partition coefficient (Wildman–Crippen LogP) is 5.01. The third kappa shape index (κ3) is 6.88. The minimum absolute atomic E-state index is 0.0708. The standard InChI is InChI=1S/C20H24ClFN2O3S3/c1-13(2)20(25)24-18-11-14(7-8-19(18)28-3)30(26,27)23-9-10-29-12-15-16(21)5-4-6-17(15)22/h4-8,11,13,23H,9-10,12H2,1-3H3,(H,24,25). The maximum absolute atomic E-state index is 13.8. The van der Waals surface area contributed by atoms with Crippen molar-refractivity contribution in [3.05, 3.63) is 52.8 Å². The number of rotatable bonds is 10. The summed E-state index contributed by atoms with van der Waals surface area (Å²) in [6.07, 6.45) is 1.85. The Morgan fingerprint density at radius 1 is 1.23 bits per heavy atom. The molecule has 0 atom stereocenters. The van der Waals surface area contributed by atoms with Crippen molar-refractivity contribution in [3.63, 3.8) is 0 Å². The first-order valence-corrected chi connectivity index (χ1v) is 13.4. The summed E-state index contributed by atoms with van der Waals surface area (Å²) in [4.78, 5) is 12.9. The number of hydrogen-bond donors (Lipinski definition) is 2. The lowest BCUT2D eigenvalue weighted by molar-refractivity contribution is -0.118. The van der Waals surface area contributed by atoms with Gasteiger partial charge in [0, 0.05) is 39.4 Å². The first-order chi connectivity index (χ1) is 14.2. The zero-order chi connectivity index (χ0) is 22.3. The van der Waals surface area contributed by atoms with E-state index in [2.05, 4.69) is 10.0 Å². The van der Waals surface area contributed by atoms with Crippen LogP contribution in [0.2, 0.25) is 5.02 Å². The normalized spacial score (nSPS) is 11.7. The van der Waals surface area contributed by atoms with Crippen LogP contribution >= 0.6 is 35.1 Å². The third-order valence-corrected chi connectivity index (χ3v) is 7.70. The van der Waals surface area contributed by atoms with Crippen molar-refractivity contribution in [1.82, 2.24) is 4.72 Å². The van der Waals surface area contributed by atoms with Gasteiger partial charge in [-0.25, -0.2) is 17.5 Å².